The standard InChI is InChI=1S/C26H36F2O/c1-3-19-9-11-20(12-10-19)7-5-6-8-21-13-15-22(16-14-21)23-17-18-24(27)26(25(23)28)29-4-2/h3,5,7,17-22H,1,4,6,8-16H2,2H3/b7-5+. The summed E-state index contributed by atoms with van der Waals surface area (Å²) in [6.45, 7) is 5.94. The van der Waals surface area contributed by atoms with Gasteiger partial charge in [0.2, 0.25) is 0 Å². The molecule has 2 fully saturated rings. The van der Waals surface area contributed by atoms with Gasteiger partial charge in [-0.3, -0.25) is 0 Å². The Bertz CT molecular complexity index is 680. The molecule has 160 valence electrons. The van der Waals surface area contributed by atoms with Gasteiger partial charge in [0, 0.05) is 0 Å². The Morgan fingerprint density at radius 1 is 1.00 bits per heavy atom. The van der Waals surface area contributed by atoms with Gasteiger partial charge in [-0.25, -0.2) is 8.78 Å². The van der Waals surface area contributed by atoms with Crippen LogP contribution < -0.4 is 4.74 Å². The van der Waals surface area contributed by atoms with E-state index in [0.717, 1.165) is 49.9 Å². The van der Waals surface area contributed by atoms with Crippen LogP contribution in [0.1, 0.15) is 82.6 Å². The normalized spacial score (nSPS) is 27.8. The average molecular weight is 403 g/mol. The zero-order chi connectivity index (χ0) is 20.6. The van der Waals surface area contributed by atoms with Crippen LogP contribution >= 0.6 is 0 Å². The van der Waals surface area contributed by atoms with E-state index in [0.29, 0.717) is 5.56 Å². The van der Waals surface area contributed by atoms with Gasteiger partial charge in [-0.15, -0.1) is 6.58 Å². The highest BCUT2D eigenvalue weighted by Gasteiger charge is 2.26. The zero-order valence-corrected chi connectivity index (χ0v) is 17.8. The summed E-state index contributed by atoms with van der Waals surface area (Å²) in [5.41, 5.74) is 0.628. The van der Waals surface area contributed by atoms with Gasteiger partial charge in [0.25, 0.3) is 0 Å². The highest BCUT2D eigenvalue weighted by atomic mass is 19.1. The van der Waals surface area contributed by atoms with Crippen LogP contribution in [0.15, 0.2) is 36.9 Å². The molecule has 29 heavy (non-hydrogen) atoms. The predicted octanol–water partition coefficient (Wildman–Crippen LogP) is 7.97. The molecule has 3 rings (SSSR count). The Kier molecular flexibility index (Phi) is 8.32. The Morgan fingerprint density at radius 2 is 1.69 bits per heavy atom. The molecule has 0 amide bonds. The summed E-state index contributed by atoms with van der Waals surface area (Å²) < 4.78 is 33.7. The Morgan fingerprint density at radius 3 is 2.34 bits per heavy atom. The molecule has 0 saturated heterocycles. The lowest BCUT2D eigenvalue weighted by molar-refractivity contribution is 0.288. The maximum Gasteiger partial charge on any atom is 0.190 e. The van der Waals surface area contributed by atoms with Crippen LogP contribution in [0.5, 0.6) is 5.75 Å². The lowest BCUT2D eigenvalue weighted by Gasteiger charge is -2.29. The number of allylic oxidation sites excluding steroid dienone is 3. The number of hydrogen-bond acceptors (Lipinski definition) is 1. The van der Waals surface area contributed by atoms with Crippen molar-refractivity contribution < 1.29 is 13.5 Å². The van der Waals surface area contributed by atoms with Gasteiger partial charge in [0.15, 0.2) is 17.4 Å². The summed E-state index contributed by atoms with van der Waals surface area (Å²) in [4.78, 5) is 0. The Labute approximate surface area is 175 Å². The van der Waals surface area contributed by atoms with Crippen LogP contribution in [0, 0.1) is 29.4 Å². The van der Waals surface area contributed by atoms with E-state index in [-0.39, 0.29) is 18.3 Å². The molecule has 2 saturated carbocycles. The van der Waals surface area contributed by atoms with Crippen molar-refractivity contribution in [2.24, 2.45) is 17.8 Å². The van der Waals surface area contributed by atoms with Crippen LogP contribution in [0.4, 0.5) is 8.78 Å². The monoisotopic (exact) mass is 402 g/mol. The molecule has 0 aromatic heterocycles. The summed E-state index contributed by atoms with van der Waals surface area (Å²) >= 11 is 0. The fourth-order valence-electron chi connectivity index (χ4n) is 5.10. The third-order valence-corrected chi connectivity index (χ3v) is 6.95. The van der Waals surface area contributed by atoms with Crippen molar-refractivity contribution in [3.63, 3.8) is 0 Å². The van der Waals surface area contributed by atoms with Crippen LogP contribution in [-0.2, 0) is 0 Å². The number of ether oxygens (including phenoxy) is 1. The first-order valence-corrected chi connectivity index (χ1v) is 11.5. The molecule has 0 radical (unpaired) electrons. The van der Waals surface area contributed by atoms with E-state index >= 15 is 0 Å². The van der Waals surface area contributed by atoms with E-state index in [9.17, 15) is 8.78 Å². The van der Waals surface area contributed by atoms with Crippen LogP contribution in [0.3, 0.4) is 0 Å². The summed E-state index contributed by atoms with van der Waals surface area (Å²) in [7, 11) is 0. The molecular weight excluding hydrogens is 366 g/mol. The SMILES string of the molecule is C=CC1CCC(/C=C/CCC2CCC(c3ccc(F)c(OCC)c3F)CC2)CC1. The Hall–Kier alpha value is -1.64. The molecule has 0 bridgehead atoms. The maximum absolute atomic E-state index is 14.7. The van der Waals surface area contributed by atoms with E-state index in [1.165, 1.54) is 38.2 Å². The Balaban J connectivity index is 1.42. The van der Waals surface area contributed by atoms with Gasteiger partial charge >= 0.3 is 0 Å². The van der Waals surface area contributed by atoms with Crippen molar-refractivity contribution in [2.75, 3.05) is 6.61 Å². The quantitative estimate of drug-likeness (QED) is 0.401. The summed E-state index contributed by atoms with van der Waals surface area (Å²) in [5, 5.41) is 0. The van der Waals surface area contributed by atoms with Gasteiger partial charge in [-0.05, 0) is 106 Å². The first-order valence-electron chi connectivity index (χ1n) is 11.5. The second kappa shape index (κ2) is 10.9. The minimum atomic E-state index is -0.605. The van der Waals surface area contributed by atoms with E-state index in [1.54, 1.807) is 13.0 Å². The summed E-state index contributed by atoms with van der Waals surface area (Å²) in [6.07, 6.45) is 18.7. The van der Waals surface area contributed by atoms with E-state index < -0.39 is 11.6 Å². The molecule has 0 heterocycles. The molecule has 1 aromatic carbocycles. The fourth-order valence-corrected chi connectivity index (χ4v) is 5.10. The third-order valence-electron chi connectivity index (χ3n) is 6.95. The topological polar surface area (TPSA) is 9.23 Å². The van der Waals surface area contributed by atoms with Crippen LogP contribution in [0.2, 0.25) is 0 Å². The van der Waals surface area contributed by atoms with E-state index in [1.807, 2.05) is 0 Å². The first-order chi connectivity index (χ1) is 14.1. The molecule has 2 aliphatic rings. The molecule has 0 spiro atoms. The van der Waals surface area contributed by atoms with Gasteiger partial charge in [0.05, 0.1) is 6.61 Å². The van der Waals surface area contributed by atoms with Crippen molar-refractivity contribution in [3.05, 3.63) is 54.1 Å². The lowest BCUT2D eigenvalue weighted by Crippen LogP contribution is -2.15. The lowest BCUT2D eigenvalue weighted by atomic mass is 9.77. The number of benzene rings is 1. The molecule has 2 aliphatic carbocycles. The van der Waals surface area contributed by atoms with Crippen LogP contribution in [0.25, 0.3) is 0 Å². The molecule has 1 aromatic rings. The maximum atomic E-state index is 14.7. The minimum Gasteiger partial charge on any atom is -0.488 e. The highest BCUT2D eigenvalue weighted by Crippen LogP contribution is 2.40. The second-order valence-electron chi connectivity index (χ2n) is 8.85. The molecule has 0 N–H and O–H groups in total. The van der Waals surface area contributed by atoms with Crippen molar-refractivity contribution in [1.29, 1.82) is 0 Å². The fraction of sp³-hybridized carbons (Fsp3) is 0.615. The molecule has 3 heteroatoms. The van der Waals surface area contributed by atoms with Gasteiger partial charge < -0.3 is 4.74 Å². The first kappa shape index (κ1) is 22.1. The minimum absolute atomic E-state index is 0.182. The van der Waals surface area contributed by atoms with Crippen molar-refractivity contribution in [1.82, 2.24) is 0 Å². The molecular formula is C26H36F2O. The van der Waals surface area contributed by atoms with Crippen molar-refractivity contribution >= 4 is 0 Å². The largest absolute Gasteiger partial charge is 0.488 e. The number of hydrogen-bond donors (Lipinski definition) is 0. The zero-order valence-electron chi connectivity index (χ0n) is 17.8. The average Bonchev–Trinajstić information content (AvgIpc) is 2.75. The molecule has 0 atom stereocenters. The molecule has 0 aliphatic heterocycles. The summed E-state index contributed by atoms with van der Waals surface area (Å²) in [5.74, 6) is 1.08. The van der Waals surface area contributed by atoms with E-state index in [2.05, 4.69) is 24.8 Å². The second-order valence-corrected chi connectivity index (χ2v) is 8.85. The predicted molar refractivity (Wildman–Crippen MR) is 116 cm³/mol. The summed E-state index contributed by atoms with van der Waals surface area (Å²) in [6, 6.07) is 2.96. The van der Waals surface area contributed by atoms with Crippen molar-refractivity contribution in [2.45, 2.75) is 77.0 Å². The van der Waals surface area contributed by atoms with Gasteiger partial charge in [0.1, 0.15) is 0 Å². The van der Waals surface area contributed by atoms with Crippen molar-refractivity contribution in [3.8, 4) is 5.75 Å². The van der Waals surface area contributed by atoms with Crippen LogP contribution in [-0.4, -0.2) is 6.61 Å². The van der Waals surface area contributed by atoms with Gasteiger partial charge in [-0.1, -0.05) is 24.3 Å². The van der Waals surface area contributed by atoms with Gasteiger partial charge in [-0.2, -0.15) is 0 Å². The number of rotatable bonds is 8. The molecule has 1 nitrogen and oxygen atoms in total. The van der Waals surface area contributed by atoms with E-state index in [4.69, 9.17) is 4.74 Å². The molecule has 0 unspecified atom stereocenters. The third kappa shape index (κ3) is 5.93. The smallest absolute Gasteiger partial charge is 0.190 e. The number of halogens is 2. The highest BCUT2D eigenvalue weighted by molar-refractivity contribution is 5.35.